The summed E-state index contributed by atoms with van der Waals surface area (Å²) in [6.45, 7) is 6.66. The molecule has 0 saturated carbocycles. The van der Waals surface area contributed by atoms with Gasteiger partial charge in [-0.3, -0.25) is 14.7 Å². The van der Waals surface area contributed by atoms with Crippen LogP contribution in [0.4, 0.5) is 5.13 Å². The smallest absolute Gasteiger partial charge is 0.260 e. The van der Waals surface area contributed by atoms with Crippen LogP contribution in [0.2, 0.25) is 0 Å². The zero-order valence-electron chi connectivity index (χ0n) is 19.3. The number of rotatable bonds is 8. The summed E-state index contributed by atoms with van der Waals surface area (Å²) in [7, 11) is -3.60. The first-order valence-electron chi connectivity index (χ1n) is 11.0. The van der Waals surface area contributed by atoms with Gasteiger partial charge in [-0.2, -0.15) is 4.31 Å². The maximum atomic E-state index is 13.6. The number of amides is 1. The first-order chi connectivity index (χ1) is 16.3. The van der Waals surface area contributed by atoms with Crippen molar-refractivity contribution in [1.82, 2.24) is 14.3 Å². The largest absolute Gasteiger partial charge is 0.279 e. The molecule has 0 fully saturated rings. The molecule has 0 bridgehead atoms. The Kier molecular flexibility index (Phi) is 7.06. The van der Waals surface area contributed by atoms with Crippen molar-refractivity contribution in [2.75, 3.05) is 18.0 Å². The standard InChI is InChI=1S/C25H26N4O3S2/c1-4-28(5-2)34(31,32)21-13-11-20(12-14-21)24(30)29(17-19-9-7-15-26-16-19)25-27-23-18(3)8-6-10-22(23)33-25/h6-16H,4-5,17H2,1-3H3. The summed E-state index contributed by atoms with van der Waals surface area (Å²) in [5.74, 6) is -0.257. The van der Waals surface area contributed by atoms with Crippen LogP contribution >= 0.6 is 11.3 Å². The number of nitrogens with zero attached hydrogens (tertiary/aromatic N) is 4. The molecule has 4 aromatic rings. The quantitative estimate of drug-likeness (QED) is 0.349. The molecule has 4 rings (SSSR count). The number of aryl methyl sites for hydroxylation is 1. The minimum Gasteiger partial charge on any atom is -0.279 e. The number of sulfonamides is 1. The molecule has 0 N–H and O–H groups in total. The highest BCUT2D eigenvalue weighted by molar-refractivity contribution is 7.89. The summed E-state index contributed by atoms with van der Waals surface area (Å²) >= 11 is 1.45. The van der Waals surface area contributed by atoms with Crippen LogP contribution in [0.15, 0.2) is 71.9 Å². The molecule has 2 aromatic heterocycles. The minimum atomic E-state index is -3.60. The van der Waals surface area contributed by atoms with E-state index in [9.17, 15) is 13.2 Å². The van der Waals surface area contributed by atoms with Crippen molar-refractivity contribution < 1.29 is 13.2 Å². The Morgan fingerprint density at radius 1 is 1.00 bits per heavy atom. The Bertz CT molecular complexity index is 1400. The van der Waals surface area contributed by atoms with E-state index in [1.54, 1.807) is 43.3 Å². The van der Waals surface area contributed by atoms with Gasteiger partial charge in [0.2, 0.25) is 10.0 Å². The normalized spacial score (nSPS) is 11.8. The number of para-hydroxylation sites is 1. The lowest BCUT2D eigenvalue weighted by atomic mass is 10.2. The van der Waals surface area contributed by atoms with E-state index in [1.807, 2.05) is 37.3 Å². The maximum Gasteiger partial charge on any atom is 0.260 e. The van der Waals surface area contributed by atoms with Gasteiger partial charge in [-0.15, -0.1) is 0 Å². The molecule has 0 unspecified atom stereocenters. The van der Waals surface area contributed by atoms with Gasteiger partial charge >= 0.3 is 0 Å². The summed E-state index contributed by atoms with van der Waals surface area (Å²) in [6, 6.07) is 15.8. The molecular formula is C25H26N4O3S2. The number of fused-ring (bicyclic) bond motifs is 1. The van der Waals surface area contributed by atoms with Crippen LogP contribution < -0.4 is 4.90 Å². The van der Waals surface area contributed by atoms with E-state index < -0.39 is 10.0 Å². The molecule has 9 heteroatoms. The molecule has 0 aliphatic rings. The molecule has 0 spiro atoms. The van der Waals surface area contributed by atoms with Crippen molar-refractivity contribution in [3.8, 4) is 0 Å². The fourth-order valence-electron chi connectivity index (χ4n) is 3.73. The SMILES string of the molecule is CCN(CC)S(=O)(=O)c1ccc(C(=O)N(Cc2cccnc2)c2nc3c(C)cccc3s2)cc1. The zero-order valence-corrected chi connectivity index (χ0v) is 20.9. The Morgan fingerprint density at radius 3 is 2.35 bits per heavy atom. The zero-order chi connectivity index (χ0) is 24.3. The molecule has 2 aromatic carbocycles. The first kappa shape index (κ1) is 24.0. The van der Waals surface area contributed by atoms with Crippen LogP contribution in [0.25, 0.3) is 10.2 Å². The van der Waals surface area contributed by atoms with E-state index in [-0.39, 0.29) is 10.8 Å². The van der Waals surface area contributed by atoms with Gasteiger partial charge in [0.05, 0.1) is 21.7 Å². The van der Waals surface area contributed by atoms with Crippen molar-refractivity contribution in [2.24, 2.45) is 0 Å². The van der Waals surface area contributed by atoms with Crippen LogP contribution in [0, 0.1) is 6.92 Å². The van der Waals surface area contributed by atoms with E-state index in [4.69, 9.17) is 4.98 Å². The fourth-order valence-corrected chi connectivity index (χ4v) is 6.23. The van der Waals surface area contributed by atoms with E-state index in [2.05, 4.69) is 4.98 Å². The molecule has 176 valence electrons. The third-order valence-corrected chi connectivity index (χ3v) is 8.70. The Morgan fingerprint density at radius 2 is 1.74 bits per heavy atom. The lowest BCUT2D eigenvalue weighted by Gasteiger charge is -2.21. The van der Waals surface area contributed by atoms with E-state index >= 15 is 0 Å². The number of carbonyl (C=O) groups excluding carboxylic acids is 1. The van der Waals surface area contributed by atoms with E-state index in [0.29, 0.717) is 30.3 Å². The second-order valence-corrected chi connectivity index (χ2v) is 10.7. The lowest BCUT2D eigenvalue weighted by molar-refractivity contribution is 0.0985. The second-order valence-electron chi connectivity index (χ2n) is 7.78. The van der Waals surface area contributed by atoms with Gasteiger partial charge in [-0.25, -0.2) is 13.4 Å². The molecule has 0 saturated heterocycles. The summed E-state index contributed by atoms with van der Waals surface area (Å²) < 4.78 is 28.0. The third-order valence-electron chi connectivity index (χ3n) is 5.59. The van der Waals surface area contributed by atoms with Crippen LogP contribution in [-0.4, -0.2) is 41.7 Å². The average molecular weight is 495 g/mol. The number of benzene rings is 2. The number of anilines is 1. The predicted molar refractivity (Wildman–Crippen MR) is 136 cm³/mol. The fraction of sp³-hybridized carbons (Fsp3) is 0.240. The second kappa shape index (κ2) is 10.0. The van der Waals surface area contributed by atoms with E-state index in [0.717, 1.165) is 21.3 Å². The first-order valence-corrected chi connectivity index (χ1v) is 13.3. The number of pyridine rings is 1. The van der Waals surface area contributed by atoms with Gasteiger partial charge in [0, 0.05) is 31.0 Å². The monoisotopic (exact) mass is 494 g/mol. The van der Waals surface area contributed by atoms with Gasteiger partial charge < -0.3 is 0 Å². The van der Waals surface area contributed by atoms with Crippen molar-refractivity contribution >= 4 is 42.6 Å². The molecule has 34 heavy (non-hydrogen) atoms. The van der Waals surface area contributed by atoms with Crippen LogP contribution in [0.1, 0.15) is 35.3 Å². The maximum absolute atomic E-state index is 13.6. The number of hydrogen-bond donors (Lipinski definition) is 0. The van der Waals surface area contributed by atoms with Gasteiger partial charge in [-0.1, -0.05) is 43.4 Å². The number of thiazole rings is 1. The summed E-state index contributed by atoms with van der Waals surface area (Å²) in [5.41, 5.74) is 3.16. The van der Waals surface area contributed by atoms with Gasteiger partial charge in [0.25, 0.3) is 5.91 Å². The Labute approximate surface area is 203 Å². The highest BCUT2D eigenvalue weighted by atomic mass is 32.2. The predicted octanol–water partition coefficient (Wildman–Crippen LogP) is 4.88. The van der Waals surface area contributed by atoms with Crippen molar-refractivity contribution in [3.63, 3.8) is 0 Å². The molecule has 2 heterocycles. The lowest BCUT2D eigenvalue weighted by Crippen LogP contribution is -2.31. The molecule has 0 aliphatic carbocycles. The van der Waals surface area contributed by atoms with Crippen LogP contribution in [0.3, 0.4) is 0 Å². The third kappa shape index (κ3) is 4.72. The molecule has 7 nitrogen and oxygen atoms in total. The van der Waals surface area contributed by atoms with Crippen molar-refractivity contribution in [1.29, 1.82) is 0 Å². The van der Waals surface area contributed by atoms with Gasteiger partial charge in [0.15, 0.2) is 5.13 Å². The summed E-state index contributed by atoms with van der Waals surface area (Å²) in [6.07, 6.45) is 3.41. The molecule has 0 radical (unpaired) electrons. The Balaban J connectivity index is 1.71. The molecular weight excluding hydrogens is 468 g/mol. The minimum absolute atomic E-state index is 0.169. The van der Waals surface area contributed by atoms with Crippen molar-refractivity contribution in [3.05, 3.63) is 83.7 Å². The molecule has 0 aliphatic heterocycles. The average Bonchev–Trinajstić information content (AvgIpc) is 3.29. The number of carbonyl (C=O) groups is 1. The van der Waals surface area contributed by atoms with Crippen LogP contribution in [-0.2, 0) is 16.6 Å². The van der Waals surface area contributed by atoms with Crippen molar-refractivity contribution in [2.45, 2.75) is 32.2 Å². The van der Waals surface area contributed by atoms with E-state index in [1.165, 1.54) is 27.8 Å². The van der Waals surface area contributed by atoms with Gasteiger partial charge in [0.1, 0.15) is 0 Å². The number of aromatic nitrogens is 2. The molecule has 1 amide bonds. The van der Waals surface area contributed by atoms with Crippen LogP contribution in [0.5, 0.6) is 0 Å². The Hall–Kier alpha value is -3.14. The molecule has 0 atom stereocenters. The highest BCUT2D eigenvalue weighted by Crippen LogP contribution is 2.32. The summed E-state index contributed by atoms with van der Waals surface area (Å²) in [5, 5.41) is 0.581. The summed E-state index contributed by atoms with van der Waals surface area (Å²) in [4.78, 5) is 24.3. The topological polar surface area (TPSA) is 83.5 Å². The highest BCUT2D eigenvalue weighted by Gasteiger charge is 2.25. The number of hydrogen-bond acceptors (Lipinski definition) is 6. The van der Waals surface area contributed by atoms with Gasteiger partial charge in [-0.05, 0) is 54.4 Å².